The molecule has 3 aromatic rings. The van der Waals surface area contributed by atoms with Crippen molar-refractivity contribution in [2.45, 2.75) is 19.0 Å². The van der Waals surface area contributed by atoms with Gasteiger partial charge in [-0.05, 0) is 60.9 Å². The van der Waals surface area contributed by atoms with Gasteiger partial charge in [0.2, 0.25) is 0 Å². The van der Waals surface area contributed by atoms with Gasteiger partial charge in [-0.15, -0.1) is 0 Å². The largest absolute Gasteiger partial charge is 0.465 e. The molecule has 0 saturated carbocycles. The van der Waals surface area contributed by atoms with Crippen molar-refractivity contribution in [3.05, 3.63) is 82.9 Å². The number of pyridine rings is 1. The second-order valence-corrected chi connectivity index (χ2v) is 8.44. The van der Waals surface area contributed by atoms with Crippen molar-refractivity contribution in [1.82, 2.24) is 19.7 Å². The highest BCUT2D eigenvalue weighted by atomic mass is 19.4. The average Bonchev–Trinajstić information content (AvgIpc) is 3.24. The predicted molar refractivity (Wildman–Crippen MR) is 115 cm³/mol. The molecule has 1 fully saturated rings. The first-order valence-electron chi connectivity index (χ1n) is 10.6. The number of benzene rings is 1. The molecule has 1 aliphatic carbocycles. The molecule has 2 aromatic heterocycles. The Hall–Kier alpha value is -3.95. The van der Waals surface area contributed by atoms with Crippen LogP contribution >= 0.6 is 0 Å². The monoisotopic (exact) mass is 468 g/mol. The van der Waals surface area contributed by atoms with E-state index in [-0.39, 0.29) is 31.0 Å². The molecular weight excluding hydrogens is 449 g/mol. The van der Waals surface area contributed by atoms with Crippen LogP contribution < -0.4 is 0 Å². The number of ketones is 1. The maximum atomic E-state index is 13.7. The van der Waals surface area contributed by atoms with Crippen LogP contribution in [0.5, 0.6) is 0 Å². The number of alkyl halides is 3. The number of likely N-dealkylation sites (tertiary alicyclic amines) is 1. The fourth-order valence-corrected chi connectivity index (χ4v) is 4.75. The van der Waals surface area contributed by atoms with E-state index < -0.39 is 23.2 Å². The molecule has 10 heteroatoms. The zero-order valence-electron chi connectivity index (χ0n) is 17.8. The van der Waals surface area contributed by atoms with Crippen LogP contribution in [0.25, 0.3) is 11.8 Å². The van der Waals surface area contributed by atoms with E-state index in [0.717, 1.165) is 17.7 Å². The van der Waals surface area contributed by atoms with Gasteiger partial charge in [0.15, 0.2) is 5.78 Å². The highest BCUT2D eigenvalue weighted by Gasteiger charge is 2.50. The SMILES string of the molecule is O=C(O)N1CCC2=Cc3c(cnn3-c3ccc(C(F)(F)F)cc3)CC2(C(=O)c2ccccn2)C1. The second kappa shape index (κ2) is 7.82. The molecule has 0 bridgehead atoms. The summed E-state index contributed by atoms with van der Waals surface area (Å²) in [7, 11) is 0. The smallest absolute Gasteiger partial charge is 0.416 e. The molecule has 3 heterocycles. The first kappa shape index (κ1) is 21.9. The number of aromatic nitrogens is 3. The van der Waals surface area contributed by atoms with Crippen LogP contribution in [0.1, 0.15) is 33.7 Å². The maximum absolute atomic E-state index is 13.7. The Morgan fingerprint density at radius 3 is 2.50 bits per heavy atom. The van der Waals surface area contributed by atoms with E-state index in [2.05, 4.69) is 10.1 Å². The number of hydrogen-bond donors (Lipinski definition) is 1. The molecule has 1 aliphatic heterocycles. The summed E-state index contributed by atoms with van der Waals surface area (Å²) in [6.45, 7) is 0.233. The Morgan fingerprint density at radius 1 is 1.09 bits per heavy atom. The average molecular weight is 468 g/mol. The Labute approximate surface area is 192 Å². The van der Waals surface area contributed by atoms with Gasteiger partial charge in [0.1, 0.15) is 5.69 Å². The molecule has 1 atom stereocenters. The van der Waals surface area contributed by atoms with Gasteiger partial charge in [-0.25, -0.2) is 9.48 Å². The fourth-order valence-electron chi connectivity index (χ4n) is 4.75. The third-order valence-electron chi connectivity index (χ3n) is 6.46. The molecule has 0 radical (unpaired) electrons. The van der Waals surface area contributed by atoms with E-state index in [9.17, 15) is 27.9 Å². The van der Waals surface area contributed by atoms with Crippen molar-refractivity contribution < 1.29 is 27.9 Å². The number of nitrogens with zero attached hydrogens (tertiary/aromatic N) is 4. The van der Waals surface area contributed by atoms with E-state index in [1.165, 1.54) is 23.2 Å². The minimum atomic E-state index is -4.44. The lowest BCUT2D eigenvalue weighted by Gasteiger charge is -2.44. The predicted octanol–water partition coefficient (Wildman–Crippen LogP) is 4.48. The highest BCUT2D eigenvalue weighted by molar-refractivity contribution is 6.03. The van der Waals surface area contributed by atoms with Gasteiger partial charge in [-0.1, -0.05) is 11.6 Å². The number of rotatable bonds is 3. The number of halogens is 3. The van der Waals surface area contributed by atoms with Crippen molar-refractivity contribution in [3.8, 4) is 5.69 Å². The van der Waals surface area contributed by atoms with E-state index in [1.807, 2.05) is 6.08 Å². The third kappa shape index (κ3) is 3.55. The lowest BCUT2D eigenvalue weighted by molar-refractivity contribution is -0.137. The molecule has 2 aliphatic rings. The molecule has 1 saturated heterocycles. The summed E-state index contributed by atoms with van der Waals surface area (Å²) in [6.07, 6.45) is -0.0540. The number of carbonyl (C=O) groups excluding carboxylic acids is 1. The van der Waals surface area contributed by atoms with E-state index in [4.69, 9.17) is 0 Å². The van der Waals surface area contributed by atoms with Crippen LogP contribution in [-0.2, 0) is 12.6 Å². The Balaban J connectivity index is 1.58. The van der Waals surface area contributed by atoms with Crippen molar-refractivity contribution in [1.29, 1.82) is 0 Å². The van der Waals surface area contributed by atoms with Crippen LogP contribution in [0.4, 0.5) is 18.0 Å². The van der Waals surface area contributed by atoms with Crippen LogP contribution in [0, 0.1) is 5.41 Å². The number of carboxylic acid groups (broad SMARTS) is 1. The lowest BCUT2D eigenvalue weighted by Crippen LogP contribution is -2.53. The first-order valence-corrected chi connectivity index (χ1v) is 10.6. The molecular formula is C24H19F3N4O3. The summed E-state index contributed by atoms with van der Waals surface area (Å²) < 4.78 is 40.4. The molecule has 1 amide bonds. The molecule has 7 nitrogen and oxygen atoms in total. The van der Waals surface area contributed by atoms with Gasteiger partial charge in [-0.3, -0.25) is 9.78 Å². The van der Waals surface area contributed by atoms with Crippen LogP contribution in [-0.4, -0.2) is 49.7 Å². The molecule has 1 N–H and O–H groups in total. The molecule has 1 unspecified atom stereocenters. The molecule has 0 spiro atoms. The minimum absolute atomic E-state index is 0.00548. The number of Topliss-reactive ketones (excluding diaryl/α,β-unsaturated/α-hetero) is 1. The summed E-state index contributed by atoms with van der Waals surface area (Å²) in [6, 6.07) is 9.71. The van der Waals surface area contributed by atoms with Gasteiger partial charge in [0, 0.05) is 19.3 Å². The number of fused-ring (bicyclic) bond motifs is 2. The first-order chi connectivity index (χ1) is 16.2. The van der Waals surface area contributed by atoms with Gasteiger partial charge >= 0.3 is 12.3 Å². The zero-order valence-corrected chi connectivity index (χ0v) is 17.8. The Morgan fingerprint density at radius 2 is 1.85 bits per heavy atom. The van der Waals surface area contributed by atoms with Gasteiger partial charge < -0.3 is 10.0 Å². The van der Waals surface area contributed by atoms with Gasteiger partial charge in [-0.2, -0.15) is 18.3 Å². The molecule has 174 valence electrons. The topological polar surface area (TPSA) is 88.3 Å². The van der Waals surface area contributed by atoms with Crippen molar-refractivity contribution in [2.75, 3.05) is 13.1 Å². The number of piperidine rings is 1. The summed E-state index contributed by atoms with van der Waals surface area (Å²) in [5, 5.41) is 14.0. The third-order valence-corrected chi connectivity index (χ3v) is 6.46. The summed E-state index contributed by atoms with van der Waals surface area (Å²) in [4.78, 5) is 30.9. The minimum Gasteiger partial charge on any atom is -0.465 e. The van der Waals surface area contributed by atoms with Crippen LogP contribution in [0.3, 0.4) is 0 Å². The van der Waals surface area contributed by atoms with Crippen molar-refractivity contribution in [3.63, 3.8) is 0 Å². The van der Waals surface area contributed by atoms with E-state index in [1.54, 1.807) is 29.1 Å². The van der Waals surface area contributed by atoms with Gasteiger partial charge in [0.25, 0.3) is 0 Å². The second-order valence-electron chi connectivity index (χ2n) is 8.44. The summed E-state index contributed by atoms with van der Waals surface area (Å²) in [5.74, 6) is -0.266. The lowest BCUT2D eigenvalue weighted by atomic mass is 9.65. The maximum Gasteiger partial charge on any atom is 0.416 e. The zero-order chi connectivity index (χ0) is 24.1. The number of carbonyl (C=O) groups is 2. The van der Waals surface area contributed by atoms with Crippen molar-refractivity contribution >= 4 is 18.0 Å². The fraction of sp³-hybridized carbons (Fsp3) is 0.250. The number of amides is 1. The van der Waals surface area contributed by atoms with Gasteiger partial charge in [0.05, 0.1) is 28.6 Å². The highest BCUT2D eigenvalue weighted by Crippen LogP contribution is 2.46. The van der Waals surface area contributed by atoms with Crippen molar-refractivity contribution in [2.24, 2.45) is 5.41 Å². The molecule has 34 heavy (non-hydrogen) atoms. The quantitative estimate of drug-likeness (QED) is 0.573. The Kier molecular flexibility index (Phi) is 5.03. The Bertz CT molecular complexity index is 1300. The van der Waals surface area contributed by atoms with E-state index >= 15 is 0 Å². The number of hydrogen-bond acceptors (Lipinski definition) is 4. The van der Waals surface area contributed by atoms with Crippen LogP contribution in [0.2, 0.25) is 0 Å². The molecule has 1 aromatic carbocycles. The van der Waals surface area contributed by atoms with E-state index in [0.29, 0.717) is 23.4 Å². The normalized spacial score (nSPS) is 19.7. The summed E-state index contributed by atoms with van der Waals surface area (Å²) in [5.41, 5.74) is 0.977. The summed E-state index contributed by atoms with van der Waals surface area (Å²) >= 11 is 0. The standard InChI is InChI=1S/C24H19F3N4O3/c25-24(26,27)16-4-6-18(7-5-16)31-20-11-17-8-10-30(22(33)34)14-23(17,12-15(20)13-29-31)21(32)19-3-1-2-9-28-19/h1-7,9,11,13H,8,10,12,14H2,(H,33,34). The molecule has 5 rings (SSSR count). The van der Waals surface area contributed by atoms with Crippen LogP contribution in [0.15, 0.2) is 60.4 Å².